The molecule has 1 N–H and O–H groups in total. The average Bonchev–Trinajstić information content (AvgIpc) is 2.80. The topological polar surface area (TPSA) is 79.0 Å². The van der Waals surface area contributed by atoms with Crippen LogP contribution in [0.15, 0.2) is 48.5 Å². The molecule has 0 aromatic heterocycles. The maximum Gasteiger partial charge on any atom is 0.265 e. The predicted molar refractivity (Wildman–Crippen MR) is 112 cm³/mol. The van der Waals surface area contributed by atoms with Crippen molar-refractivity contribution in [2.45, 2.75) is 25.8 Å². The van der Waals surface area contributed by atoms with Crippen molar-refractivity contribution in [1.29, 1.82) is 0 Å². The lowest BCUT2D eigenvalue weighted by molar-refractivity contribution is -0.125. The molecule has 1 fully saturated rings. The van der Waals surface area contributed by atoms with Gasteiger partial charge in [-0.2, -0.15) is 0 Å². The van der Waals surface area contributed by atoms with Crippen molar-refractivity contribution in [3.8, 4) is 5.75 Å². The van der Waals surface area contributed by atoms with E-state index in [4.69, 9.17) is 4.74 Å². The van der Waals surface area contributed by atoms with Crippen molar-refractivity contribution >= 4 is 23.4 Å². The number of rotatable bonds is 5. The fourth-order valence-corrected chi connectivity index (χ4v) is 3.77. The number of benzene rings is 2. The van der Waals surface area contributed by atoms with Crippen LogP contribution in [0, 0.1) is 0 Å². The number of piperidine rings is 1. The quantitative estimate of drug-likeness (QED) is 0.825. The lowest BCUT2D eigenvalue weighted by atomic mass is 10.1. The van der Waals surface area contributed by atoms with Crippen molar-refractivity contribution in [2.75, 3.05) is 31.1 Å². The van der Waals surface area contributed by atoms with E-state index in [1.54, 1.807) is 30.3 Å². The van der Waals surface area contributed by atoms with Crippen LogP contribution in [0.2, 0.25) is 0 Å². The average molecular weight is 407 g/mol. The minimum Gasteiger partial charge on any atom is -0.482 e. The summed E-state index contributed by atoms with van der Waals surface area (Å²) in [5, 5.41) is 2.84. The number of likely N-dealkylation sites (tertiary alicyclic amines) is 1. The molecule has 0 spiro atoms. The highest BCUT2D eigenvalue weighted by Gasteiger charge is 2.26. The van der Waals surface area contributed by atoms with Gasteiger partial charge >= 0.3 is 0 Å². The summed E-state index contributed by atoms with van der Waals surface area (Å²) in [6, 6.07) is 14.5. The summed E-state index contributed by atoms with van der Waals surface area (Å²) in [6.45, 7) is 1.83. The monoisotopic (exact) mass is 407 g/mol. The summed E-state index contributed by atoms with van der Waals surface area (Å²) in [5.74, 6) is 0.159. The molecule has 7 nitrogen and oxygen atoms in total. The third-order valence-electron chi connectivity index (χ3n) is 5.44. The lowest BCUT2D eigenvalue weighted by Gasteiger charge is -2.28. The highest BCUT2D eigenvalue weighted by molar-refractivity contribution is 6.02. The van der Waals surface area contributed by atoms with Crippen LogP contribution in [0.4, 0.5) is 5.69 Å². The van der Waals surface area contributed by atoms with E-state index in [0.29, 0.717) is 23.5 Å². The number of fused-ring (bicyclic) bond motifs is 1. The molecule has 3 amide bonds. The molecule has 0 saturated carbocycles. The van der Waals surface area contributed by atoms with Crippen LogP contribution in [0.25, 0.3) is 0 Å². The molecule has 2 aromatic carbocycles. The van der Waals surface area contributed by atoms with E-state index < -0.39 is 0 Å². The summed E-state index contributed by atoms with van der Waals surface area (Å²) in [5.41, 5.74) is 2.17. The largest absolute Gasteiger partial charge is 0.482 e. The molecule has 0 atom stereocenters. The molecule has 2 heterocycles. The number of carbonyl (C=O) groups excluding carboxylic acids is 3. The van der Waals surface area contributed by atoms with Crippen LogP contribution < -0.4 is 15.0 Å². The Morgan fingerprint density at radius 2 is 1.70 bits per heavy atom. The zero-order chi connectivity index (χ0) is 20.9. The Kier molecular flexibility index (Phi) is 5.97. The fraction of sp³-hybridized carbons (Fsp3) is 0.348. The van der Waals surface area contributed by atoms with E-state index in [-0.39, 0.29) is 30.9 Å². The number of amides is 3. The first-order valence-corrected chi connectivity index (χ1v) is 10.3. The van der Waals surface area contributed by atoms with Gasteiger partial charge < -0.3 is 15.0 Å². The fourth-order valence-electron chi connectivity index (χ4n) is 3.77. The molecule has 7 heteroatoms. The molecule has 2 aliphatic heterocycles. The molecular formula is C23H25N3O4. The first-order chi connectivity index (χ1) is 14.6. The van der Waals surface area contributed by atoms with E-state index >= 15 is 0 Å². The Bertz CT molecular complexity index is 936. The minimum atomic E-state index is -0.256. The van der Waals surface area contributed by atoms with Crippen LogP contribution in [0.3, 0.4) is 0 Å². The number of nitrogens with zero attached hydrogens (tertiary/aromatic N) is 2. The van der Waals surface area contributed by atoms with Crippen LogP contribution in [0.1, 0.15) is 35.2 Å². The van der Waals surface area contributed by atoms with Crippen molar-refractivity contribution in [1.82, 2.24) is 10.2 Å². The molecule has 1 saturated heterocycles. The number of ether oxygens (including phenoxy) is 1. The third-order valence-corrected chi connectivity index (χ3v) is 5.44. The molecular weight excluding hydrogens is 382 g/mol. The Morgan fingerprint density at radius 1 is 0.967 bits per heavy atom. The zero-order valence-electron chi connectivity index (χ0n) is 16.8. The summed E-state index contributed by atoms with van der Waals surface area (Å²) in [4.78, 5) is 40.5. The summed E-state index contributed by atoms with van der Waals surface area (Å²) in [7, 11) is 0. The Morgan fingerprint density at radius 3 is 2.47 bits per heavy atom. The molecule has 0 radical (unpaired) electrons. The van der Waals surface area contributed by atoms with Gasteiger partial charge in [0.2, 0.25) is 5.91 Å². The van der Waals surface area contributed by atoms with Crippen molar-refractivity contribution < 1.29 is 19.1 Å². The van der Waals surface area contributed by atoms with Gasteiger partial charge in [0.25, 0.3) is 11.8 Å². The second-order valence-corrected chi connectivity index (χ2v) is 7.56. The van der Waals surface area contributed by atoms with E-state index in [9.17, 15) is 14.4 Å². The van der Waals surface area contributed by atoms with Gasteiger partial charge in [0.1, 0.15) is 12.3 Å². The maximum atomic E-state index is 12.5. The Balaban J connectivity index is 1.32. The predicted octanol–water partition coefficient (Wildman–Crippen LogP) is 2.35. The van der Waals surface area contributed by atoms with E-state index in [2.05, 4.69) is 5.32 Å². The molecule has 2 aliphatic rings. The van der Waals surface area contributed by atoms with Gasteiger partial charge in [-0.1, -0.05) is 24.3 Å². The smallest absolute Gasteiger partial charge is 0.265 e. The summed E-state index contributed by atoms with van der Waals surface area (Å²) in [6.07, 6.45) is 3.31. The van der Waals surface area contributed by atoms with Gasteiger partial charge in [-0.05, 0) is 49.1 Å². The normalized spacial score (nSPS) is 15.9. The second-order valence-electron chi connectivity index (χ2n) is 7.56. The third kappa shape index (κ3) is 4.45. The zero-order valence-corrected chi connectivity index (χ0v) is 16.8. The van der Waals surface area contributed by atoms with Crippen LogP contribution in [0.5, 0.6) is 5.75 Å². The molecule has 156 valence electrons. The van der Waals surface area contributed by atoms with Crippen molar-refractivity contribution in [3.63, 3.8) is 0 Å². The van der Waals surface area contributed by atoms with E-state index in [0.717, 1.165) is 31.5 Å². The number of nitrogens with one attached hydrogen (secondary N) is 1. The highest BCUT2D eigenvalue weighted by atomic mass is 16.5. The van der Waals surface area contributed by atoms with E-state index in [1.807, 2.05) is 23.1 Å². The van der Waals surface area contributed by atoms with Gasteiger partial charge in [0.15, 0.2) is 6.61 Å². The lowest BCUT2D eigenvalue weighted by Crippen LogP contribution is -2.45. The molecule has 0 unspecified atom stereocenters. The van der Waals surface area contributed by atoms with Gasteiger partial charge in [-0.3, -0.25) is 19.3 Å². The second kappa shape index (κ2) is 8.98. The van der Waals surface area contributed by atoms with Crippen LogP contribution in [-0.2, 0) is 16.1 Å². The Hall–Kier alpha value is -3.35. The molecule has 0 bridgehead atoms. The highest BCUT2D eigenvalue weighted by Crippen LogP contribution is 2.31. The standard InChI is InChI=1S/C23H25N3O4/c27-21(15-26-19-6-2-3-7-20(19)30-16-22(26)28)24-14-17-8-10-18(11-9-17)23(29)25-12-4-1-5-13-25/h2-3,6-11H,1,4-5,12-16H2,(H,24,27). The van der Waals surface area contributed by atoms with Crippen molar-refractivity contribution in [3.05, 3.63) is 59.7 Å². The molecule has 4 rings (SSSR count). The molecule has 2 aromatic rings. The number of carbonyl (C=O) groups is 3. The number of para-hydroxylation sites is 2. The first-order valence-electron chi connectivity index (χ1n) is 10.3. The van der Waals surface area contributed by atoms with Crippen LogP contribution >= 0.6 is 0 Å². The van der Waals surface area contributed by atoms with E-state index in [1.165, 1.54) is 11.3 Å². The molecule has 30 heavy (non-hydrogen) atoms. The minimum absolute atomic E-state index is 0.0646. The van der Waals surface area contributed by atoms with Gasteiger partial charge in [-0.15, -0.1) is 0 Å². The van der Waals surface area contributed by atoms with Gasteiger partial charge in [0, 0.05) is 25.2 Å². The van der Waals surface area contributed by atoms with Crippen LogP contribution in [-0.4, -0.2) is 48.9 Å². The van der Waals surface area contributed by atoms with Gasteiger partial charge in [-0.25, -0.2) is 0 Å². The van der Waals surface area contributed by atoms with Crippen molar-refractivity contribution in [2.24, 2.45) is 0 Å². The number of hydrogen-bond acceptors (Lipinski definition) is 4. The number of hydrogen-bond donors (Lipinski definition) is 1. The van der Waals surface area contributed by atoms with Gasteiger partial charge in [0.05, 0.1) is 5.69 Å². The SMILES string of the molecule is O=C(CN1C(=O)COc2ccccc21)NCc1ccc(C(=O)N2CCCCC2)cc1. The molecule has 0 aliphatic carbocycles. The number of anilines is 1. The first kappa shape index (κ1) is 19.9. The summed E-state index contributed by atoms with van der Waals surface area (Å²) >= 11 is 0. The maximum absolute atomic E-state index is 12.5. The Labute approximate surface area is 175 Å². The summed E-state index contributed by atoms with van der Waals surface area (Å²) < 4.78 is 5.40.